The smallest absolute Gasteiger partial charge is 0.358 e. The van der Waals surface area contributed by atoms with Gasteiger partial charge in [0.2, 0.25) is 0 Å². The number of hydrogen-bond acceptors (Lipinski definition) is 5. The Morgan fingerprint density at radius 2 is 1.94 bits per heavy atom. The van der Waals surface area contributed by atoms with Gasteiger partial charge in [0.05, 0.1) is 11.0 Å². The molecule has 0 amide bonds. The lowest BCUT2D eigenvalue weighted by Crippen LogP contribution is -2.17. The molecular weight excluding hydrogens is 220 g/mol. The fourth-order valence-corrected chi connectivity index (χ4v) is 1.46. The molecule has 0 radical (unpaired) electrons. The summed E-state index contributed by atoms with van der Waals surface area (Å²) in [5.41, 5.74) is 6.48. The van der Waals surface area contributed by atoms with Gasteiger partial charge in [0, 0.05) is 13.1 Å². The Balaban J connectivity index is 2.54. The van der Waals surface area contributed by atoms with Crippen LogP contribution in [0.15, 0.2) is 24.3 Å². The van der Waals surface area contributed by atoms with Crippen molar-refractivity contribution < 1.29 is 9.90 Å². The molecule has 0 atom stereocenters. The van der Waals surface area contributed by atoms with Gasteiger partial charge in [-0.25, -0.2) is 14.8 Å². The molecule has 6 heteroatoms. The first-order chi connectivity index (χ1) is 8.22. The Morgan fingerprint density at radius 3 is 2.53 bits per heavy atom. The molecule has 0 fully saturated rings. The van der Waals surface area contributed by atoms with Crippen LogP contribution in [0.5, 0.6) is 0 Å². The van der Waals surface area contributed by atoms with Gasteiger partial charge in [0.25, 0.3) is 0 Å². The summed E-state index contributed by atoms with van der Waals surface area (Å²) in [6.45, 7) is 0.848. The summed E-state index contributed by atoms with van der Waals surface area (Å²) in [5, 5.41) is 11.9. The fourth-order valence-electron chi connectivity index (χ4n) is 1.46. The number of aromatic carboxylic acids is 1. The van der Waals surface area contributed by atoms with Gasteiger partial charge >= 0.3 is 5.97 Å². The van der Waals surface area contributed by atoms with E-state index >= 15 is 0 Å². The second kappa shape index (κ2) is 4.75. The van der Waals surface area contributed by atoms with Crippen molar-refractivity contribution in [3.63, 3.8) is 0 Å². The SMILES string of the molecule is NCCNc1nc2ccccc2nc1C(=O)O. The average Bonchev–Trinajstić information content (AvgIpc) is 2.35. The summed E-state index contributed by atoms with van der Waals surface area (Å²) in [4.78, 5) is 19.3. The van der Waals surface area contributed by atoms with Crippen molar-refractivity contribution in [2.24, 2.45) is 5.73 Å². The Hall–Kier alpha value is -2.21. The van der Waals surface area contributed by atoms with Crippen molar-refractivity contribution in [2.75, 3.05) is 18.4 Å². The number of carboxylic acid groups (broad SMARTS) is 1. The third-order valence-electron chi connectivity index (χ3n) is 2.21. The highest BCUT2D eigenvalue weighted by molar-refractivity contribution is 5.93. The van der Waals surface area contributed by atoms with E-state index in [1.54, 1.807) is 18.2 Å². The Bertz CT molecular complexity index is 556. The van der Waals surface area contributed by atoms with Crippen LogP contribution in [-0.4, -0.2) is 34.1 Å². The average molecular weight is 232 g/mol. The van der Waals surface area contributed by atoms with Crippen LogP contribution in [-0.2, 0) is 0 Å². The van der Waals surface area contributed by atoms with Crippen LogP contribution >= 0.6 is 0 Å². The predicted molar refractivity (Wildman–Crippen MR) is 64.0 cm³/mol. The molecule has 0 aliphatic heterocycles. The lowest BCUT2D eigenvalue weighted by molar-refractivity contribution is 0.0691. The van der Waals surface area contributed by atoms with Gasteiger partial charge in [-0.1, -0.05) is 12.1 Å². The molecule has 6 nitrogen and oxygen atoms in total. The van der Waals surface area contributed by atoms with E-state index in [1.165, 1.54) is 0 Å². The summed E-state index contributed by atoms with van der Waals surface area (Å²) >= 11 is 0. The molecule has 0 saturated carbocycles. The standard InChI is InChI=1S/C11H12N4O2/c12-5-6-13-10-9(11(16)17)14-7-3-1-2-4-8(7)15-10/h1-4H,5-6,12H2,(H,13,15)(H,16,17). The van der Waals surface area contributed by atoms with E-state index in [0.29, 0.717) is 24.1 Å². The van der Waals surface area contributed by atoms with Gasteiger partial charge < -0.3 is 16.2 Å². The van der Waals surface area contributed by atoms with Crippen molar-refractivity contribution in [2.45, 2.75) is 0 Å². The van der Waals surface area contributed by atoms with Crippen LogP contribution in [0.1, 0.15) is 10.5 Å². The van der Waals surface area contributed by atoms with E-state index in [4.69, 9.17) is 10.8 Å². The van der Waals surface area contributed by atoms with E-state index in [-0.39, 0.29) is 11.5 Å². The predicted octanol–water partition coefficient (Wildman–Crippen LogP) is 0.699. The van der Waals surface area contributed by atoms with Crippen molar-refractivity contribution in [1.82, 2.24) is 9.97 Å². The second-order valence-corrected chi connectivity index (χ2v) is 3.43. The fraction of sp³-hybridized carbons (Fsp3) is 0.182. The topological polar surface area (TPSA) is 101 Å². The number of aromatic nitrogens is 2. The molecule has 0 bridgehead atoms. The number of nitrogens with one attached hydrogen (secondary N) is 1. The normalized spacial score (nSPS) is 10.4. The van der Waals surface area contributed by atoms with Crippen LogP contribution in [0.3, 0.4) is 0 Å². The Kier molecular flexibility index (Phi) is 3.15. The minimum Gasteiger partial charge on any atom is -0.476 e. The quantitative estimate of drug-likeness (QED) is 0.717. The highest BCUT2D eigenvalue weighted by atomic mass is 16.4. The largest absolute Gasteiger partial charge is 0.476 e. The number of carbonyl (C=O) groups is 1. The van der Waals surface area contributed by atoms with Gasteiger partial charge in [-0.05, 0) is 12.1 Å². The van der Waals surface area contributed by atoms with Crippen LogP contribution < -0.4 is 11.1 Å². The molecule has 0 unspecified atom stereocenters. The molecule has 1 aromatic heterocycles. The van der Waals surface area contributed by atoms with Crippen LogP contribution in [0.2, 0.25) is 0 Å². The first-order valence-electron chi connectivity index (χ1n) is 5.16. The maximum atomic E-state index is 11.1. The number of hydrogen-bond donors (Lipinski definition) is 3. The van der Waals surface area contributed by atoms with Crippen molar-refractivity contribution in [3.8, 4) is 0 Å². The molecule has 2 aromatic rings. The number of para-hydroxylation sites is 2. The third-order valence-corrected chi connectivity index (χ3v) is 2.21. The summed E-state index contributed by atoms with van der Waals surface area (Å²) < 4.78 is 0. The van der Waals surface area contributed by atoms with Crippen molar-refractivity contribution in [3.05, 3.63) is 30.0 Å². The number of anilines is 1. The molecule has 4 N–H and O–H groups in total. The molecule has 17 heavy (non-hydrogen) atoms. The maximum absolute atomic E-state index is 11.1. The molecule has 0 saturated heterocycles. The highest BCUT2D eigenvalue weighted by Crippen LogP contribution is 2.16. The second-order valence-electron chi connectivity index (χ2n) is 3.43. The van der Waals surface area contributed by atoms with Gasteiger partial charge in [0.15, 0.2) is 11.5 Å². The number of nitrogens with two attached hydrogens (primary N) is 1. The summed E-state index contributed by atoms with van der Waals surface area (Å²) in [5.74, 6) is -0.857. The molecule has 0 aliphatic rings. The van der Waals surface area contributed by atoms with Crippen LogP contribution in [0, 0.1) is 0 Å². The van der Waals surface area contributed by atoms with E-state index in [1.807, 2.05) is 6.07 Å². The van der Waals surface area contributed by atoms with Gasteiger partial charge in [-0.2, -0.15) is 0 Å². The van der Waals surface area contributed by atoms with E-state index in [2.05, 4.69) is 15.3 Å². The summed E-state index contributed by atoms with van der Waals surface area (Å²) in [7, 11) is 0. The zero-order chi connectivity index (χ0) is 12.3. The van der Waals surface area contributed by atoms with E-state index in [0.717, 1.165) is 0 Å². The lowest BCUT2D eigenvalue weighted by Gasteiger charge is -2.08. The van der Waals surface area contributed by atoms with Crippen molar-refractivity contribution >= 4 is 22.8 Å². The molecule has 2 rings (SSSR count). The molecule has 88 valence electrons. The zero-order valence-corrected chi connectivity index (χ0v) is 9.05. The number of nitrogens with zero attached hydrogens (tertiary/aromatic N) is 2. The number of fused-ring (bicyclic) bond motifs is 1. The third kappa shape index (κ3) is 2.31. The minimum atomic E-state index is -1.11. The number of rotatable bonds is 4. The van der Waals surface area contributed by atoms with Crippen molar-refractivity contribution in [1.29, 1.82) is 0 Å². The van der Waals surface area contributed by atoms with Crippen LogP contribution in [0.25, 0.3) is 11.0 Å². The van der Waals surface area contributed by atoms with E-state index < -0.39 is 5.97 Å². The lowest BCUT2D eigenvalue weighted by atomic mass is 10.3. The molecular formula is C11H12N4O2. The van der Waals surface area contributed by atoms with Crippen LogP contribution in [0.4, 0.5) is 5.82 Å². The summed E-state index contributed by atoms with van der Waals surface area (Å²) in [6.07, 6.45) is 0. The molecule has 0 aliphatic carbocycles. The molecule has 0 spiro atoms. The summed E-state index contributed by atoms with van der Waals surface area (Å²) in [6, 6.07) is 7.11. The monoisotopic (exact) mass is 232 g/mol. The minimum absolute atomic E-state index is 0.0860. The Morgan fingerprint density at radius 1 is 1.29 bits per heavy atom. The molecule has 1 aromatic carbocycles. The first-order valence-corrected chi connectivity index (χ1v) is 5.16. The van der Waals surface area contributed by atoms with Gasteiger partial charge in [0.1, 0.15) is 0 Å². The van der Waals surface area contributed by atoms with E-state index in [9.17, 15) is 4.79 Å². The molecule has 1 heterocycles. The number of benzene rings is 1. The van der Waals surface area contributed by atoms with Gasteiger partial charge in [-0.15, -0.1) is 0 Å². The Labute approximate surface area is 97.5 Å². The zero-order valence-electron chi connectivity index (χ0n) is 9.05. The first kappa shape index (κ1) is 11.3. The highest BCUT2D eigenvalue weighted by Gasteiger charge is 2.14. The van der Waals surface area contributed by atoms with Gasteiger partial charge in [-0.3, -0.25) is 0 Å². The number of carboxylic acids is 1. The maximum Gasteiger partial charge on any atom is 0.358 e.